The zero-order chi connectivity index (χ0) is 15.1. The van der Waals surface area contributed by atoms with Crippen LogP contribution in [0.2, 0.25) is 0 Å². The van der Waals surface area contributed by atoms with Gasteiger partial charge in [-0.2, -0.15) is 0 Å². The number of hydrogen-bond acceptors (Lipinski definition) is 4. The van der Waals surface area contributed by atoms with E-state index in [9.17, 15) is 5.11 Å². The Morgan fingerprint density at radius 2 is 1.71 bits per heavy atom. The molecule has 0 amide bonds. The van der Waals surface area contributed by atoms with Gasteiger partial charge in [0, 0.05) is 18.6 Å². The molecule has 4 nitrogen and oxygen atoms in total. The lowest BCUT2D eigenvalue weighted by atomic mass is 9.96. The van der Waals surface area contributed by atoms with Crippen LogP contribution in [0.1, 0.15) is 46.0 Å². The molecule has 1 unspecified atom stereocenters. The quantitative estimate of drug-likeness (QED) is 0.713. The fourth-order valence-electron chi connectivity index (χ4n) is 3.76. The summed E-state index contributed by atoms with van der Waals surface area (Å²) in [5, 5.41) is 12.9. The normalized spacial score (nSPS) is 24.0. The Labute approximate surface area is 130 Å². The fourth-order valence-corrected chi connectivity index (χ4v) is 3.76. The lowest BCUT2D eigenvalue weighted by molar-refractivity contribution is 0.141. The first-order chi connectivity index (χ1) is 10.2. The van der Waals surface area contributed by atoms with E-state index in [1.807, 2.05) is 0 Å². The second-order valence-electron chi connectivity index (χ2n) is 7.28. The number of likely N-dealkylation sites (tertiary alicyclic amines) is 2. The van der Waals surface area contributed by atoms with Crippen molar-refractivity contribution in [3.8, 4) is 0 Å². The summed E-state index contributed by atoms with van der Waals surface area (Å²) in [4.78, 5) is 5.25. The zero-order valence-corrected chi connectivity index (χ0v) is 14.1. The van der Waals surface area contributed by atoms with Crippen LogP contribution in [0.25, 0.3) is 0 Å². The molecule has 2 aliphatic rings. The summed E-state index contributed by atoms with van der Waals surface area (Å²) >= 11 is 0. The summed E-state index contributed by atoms with van der Waals surface area (Å²) in [5.41, 5.74) is 0. The highest BCUT2D eigenvalue weighted by atomic mass is 16.3. The maximum absolute atomic E-state index is 9.42. The van der Waals surface area contributed by atoms with Crippen LogP contribution in [0.3, 0.4) is 0 Å². The van der Waals surface area contributed by atoms with Gasteiger partial charge in [-0.3, -0.25) is 0 Å². The molecule has 0 aliphatic carbocycles. The van der Waals surface area contributed by atoms with E-state index >= 15 is 0 Å². The molecule has 2 heterocycles. The van der Waals surface area contributed by atoms with Crippen molar-refractivity contribution < 1.29 is 5.11 Å². The number of nitrogens with zero attached hydrogens (tertiary/aromatic N) is 2. The van der Waals surface area contributed by atoms with Gasteiger partial charge in [0.15, 0.2) is 0 Å². The molecule has 0 bridgehead atoms. The third-order valence-electron chi connectivity index (χ3n) is 5.01. The van der Waals surface area contributed by atoms with E-state index in [2.05, 4.69) is 29.0 Å². The maximum atomic E-state index is 9.42. The fraction of sp³-hybridized carbons (Fsp3) is 1.00. The van der Waals surface area contributed by atoms with Crippen molar-refractivity contribution in [2.24, 2.45) is 5.92 Å². The molecule has 2 N–H and O–H groups in total. The molecule has 0 aromatic heterocycles. The molecule has 0 radical (unpaired) electrons. The summed E-state index contributed by atoms with van der Waals surface area (Å²) in [7, 11) is 0. The monoisotopic (exact) mass is 297 g/mol. The third kappa shape index (κ3) is 6.23. The largest absolute Gasteiger partial charge is 0.395 e. The van der Waals surface area contributed by atoms with E-state index in [4.69, 9.17) is 0 Å². The lowest BCUT2D eigenvalue weighted by Gasteiger charge is -2.34. The van der Waals surface area contributed by atoms with E-state index in [0.29, 0.717) is 6.04 Å². The minimum absolute atomic E-state index is 0.254. The molecule has 0 aromatic carbocycles. The Balaban J connectivity index is 1.59. The Hall–Kier alpha value is -0.160. The van der Waals surface area contributed by atoms with Gasteiger partial charge in [0.2, 0.25) is 0 Å². The van der Waals surface area contributed by atoms with Gasteiger partial charge in [-0.15, -0.1) is 0 Å². The highest BCUT2D eigenvalue weighted by molar-refractivity contribution is 4.78. The molecule has 4 heteroatoms. The topological polar surface area (TPSA) is 38.7 Å². The first-order valence-electron chi connectivity index (χ1n) is 8.99. The van der Waals surface area contributed by atoms with Crippen molar-refractivity contribution in [2.45, 2.75) is 58.0 Å². The van der Waals surface area contributed by atoms with E-state index in [-0.39, 0.29) is 12.6 Å². The van der Waals surface area contributed by atoms with E-state index in [0.717, 1.165) is 18.9 Å². The van der Waals surface area contributed by atoms with Gasteiger partial charge < -0.3 is 20.2 Å². The van der Waals surface area contributed by atoms with Crippen molar-refractivity contribution in [1.29, 1.82) is 0 Å². The molecule has 21 heavy (non-hydrogen) atoms. The third-order valence-corrected chi connectivity index (χ3v) is 5.01. The second kappa shape index (κ2) is 9.09. The maximum Gasteiger partial charge on any atom is 0.0585 e. The summed E-state index contributed by atoms with van der Waals surface area (Å²) in [6.07, 6.45) is 6.59. The molecule has 2 fully saturated rings. The van der Waals surface area contributed by atoms with Crippen LogP contribution in [0.15, 0.2) is 0 Å². The Bertz CT molecular complexity index is 271. The van der Waals surface area contributed by atoms with Crippen molar-refractivity contribution in [1.82, 2.24) is 15.1 Å². The number of hydrogen-bond donors (Lipinski definition) is 2. The second-order valence-corrected chi connectivity index (χ2v) is 7.28. The number of piperidine rings is 1. The average Bonchev–Trinajstić information content (AvgIpc) is 2.97. The average molecular weight is 297 g/mol. The first kappa shape index (κ1) is 17.2. The Kier molecular flexibility index (Phi) is 7.44. The molecular weight excluding hydrogens is 262 g/mol. The Morgan fingerprint density at radius 3 is 2.29 bits per heavy atom. The van der Waals surface area contributed by atoms with Crippen molar-refractivity contribution >= 4 is 0 Å². The molecule has 0 aromatic rings. The van der Waals surface area contributed by atoms with Gasteiger partial charge in [-0.05, 0) is 70.7 Å². The van der Waals surface area contributed by atoms with Gasteiger partial charge in [0.05, 0.1) is 6.61 Å². The van der Waals surface area contributed by atoms with Crippen LogP contribution in [-0.2, 0) is 0 Å². The minimum atomic E-state index is 0.254. The predicted molar refractivity (Wildman–Crippen MR) is 88.6 cm³/mol. The smallest absolute Gasteiger partial charge is 0.0585 e. The predicted octanol–water partition coefficient (Wildman–Crippen LogP) is 1.54. The minimum Gasteiger partial charge on any atom is -0.395 e. The van der Waals surface area contributed by atoms with Crippen LogP contribution < -0.4 is 5.32 Å². The molecule has 2 saturated heterocycles. The van der Waals surface area contributed by atoms with Gasteiger partial charge in [0.25, 0.3) is 0 Å². The standard InChI is InChI=1S/C17H35N3O/c1-15(2)18-17(14-21)7-12-19-10-5-16(6-11-19)13-20-8-3-4-9-20/h15-18,21H,3-14H2,1-2H3. The van der Waals surface area contributed by atoms with Crippen LogP contribution in [0.4, 0.5) is 0 Å². The molecule has 0 saturated carbocycles. The van der Waals surface area contributed by atoms with E-state index < -0.39 is 0 Å². The van der Waals surface area contributed by atoms with Crippen LogP contribution in [0, 0.1) is 5.92 Å². The number of nitrogens with one attached hydrogen (secondary N) is 1. The van der Waals surface area contributed by atoms with Gasteiger partial charge in [0.1, 0.15) is 0 Å². The number of aliphatic hydroxyl groups is 1. The highest BCUT2D eigenvalue weighted by Crippen LogP contribution is 2.20. The molecule has 0 spiro atoms. The molecule has 2 rings (SSSR count). The molecule has 2 aliphatic heterocycles. The summed E-state index contributed by atoms with van der Waals surface area (Å²) in [6, 6.07) is 0.709. The van der Waals surface area contributed by atoms with E-state index in [1.165, 1.54) is 58.4 Å². The summed E-state index contributed by atoms with van der Waals surface area (Å²) < 4.78 is 0. The van der Waals surface area contributed by atoms with Gasteiger partial charge >= 0.3 is 0 Å². The van der Waals surface area contributed by atoms with Gasteiger partial charge in [-0.25, -0.2) is 0 Å². The number of aliphatic hydroxyl groups excluding tert-OH is 1. The van der Waals surface area contributed by atoms with Crippen molar-refractivity contribution in [2.75, 3.05) is 45.9 Å². The Morgan fingerprint density at radius 1 is 1.05 bits per heavy atom. The first-order valence-corrected chi connectivity index (χ1v) is 8.99. The SMILES string of the molecule is CC(C)NC(CO)CCN1CCC(CN2CCCC2)CC1. The van der Waals surface area contributed by atoms with E-state index in [1.54, 1.807) is 0 Å². The summed E-state index contributed by atoms with van der Waals surface area (Å²) in [5.74, 6) is 0.918. The molecule has 124 valence electrons. The lowest BCUT2D eigenvalue weighted by Crippen LogP contribution is -2.43. The van der Waals surface area contributed by atoms with Crippen molar-refractivity contribution in [3.63, 3.8) is 0 Å². The van der Waals surface area contributed by atoms with Crippen LogP contribution in [-0.4, -0.2) is 72.9 Å². The molecular formula is C17H35N3O. The van der Waals surface area contributed by atoms with Crippen LogP contribution in [0.5, 0.6) is 0 Å². The highest BCUT2D eigenvalue weighted by Gasteiger charge is 2.23. The summed E-state index contributed by atoms with van der Waals surface area (Å²) in [6.45, 7) is 12.2. The zero-order valence-electron chi connectivity index (χ0n) is 14.1. The van der Waals surface area contributed by atoms with Crippen LogP contribution >= 0.6 is 0 Å². The van der Waals surface area contributed by atoms with Gasteiger partial charge in [-0.1, -0.05) is 13.8 Å². The van der Waals surface area contributed by atoms with Crippen molar-refractivity contribution in [3.05, 3.63) is 0 Å². The molecule has 1 atom stereocenters. The number of rotatable bonds is 8.